The van der Waals surface area contributed by atoms with Gasteiger partial charge in [0.05, 0.1) is 7.11 Å². The van der Waals surface area contributed by atoms with Gasteiger partial charge in [0.1, 0.15) is 12.0 Å². The van der Waals surface area contributed by atoms with E-state index in [0.717, 1.165) is 28.7 Å². The topological polar surface area (TPSA) is 26.3 Å². The zero-order valence-electron chi connectivity index (χ0n) is 12.8. The summed E-state index contributed by atoms with van der Waals surface area (Å²) in [5.74, 6) is 0.799. The molecule has 0 amide bonds. The number of methoxy groups -OCH3 is 1. The van der Waals surface area contributed by atoms with Crippen molar-refractivity contribution in [3.05, 3.63) is 65.7 Å². The van der Waals surface area contributed by atoms with E-state index in [0.29, 0.717) is 6.42 Å². The number of hydrogen-bond acceptors (Lipinski definition) is 2. The minimum Gasteiger partial charge on any atom is -0.496 e. The molecule has 2 heteroatoms. The molecule has 0 aliphatic rings. The van der Waals surface area contributed by atoms with Crippen molar-refractivity contribution < 1.29 is 9.53 Å². The Hall–Kier alpha value is -2.61. The Morgan fingerprint density at radius 3 is 2.45 bits per heavy atom. The van der Waals surface area contributed by atoms with Gasteiger partial charge in [-0.25, -0.2) is 0 Å². The van der Waals surface area contributed by atoms with Crippen LogP contribution < -0.4 is 4.74 Å². The predicted octanol–water partition coefficient (Wildman–Crippen LogP) is 4.57. The molecule has 3 aromatic rings. The standard InChI is InChI=1S/C20H18O2/c1-14-6-3-9-17-16(14)8-5-10-18(17)20-15(12-13-21)7-4-11-19(20)22-2/h3-11,13H,12H2,1-2H3. The number of ether oxygens (including phenoxy) is 1. The summed E-state index contributed by atoms with van der Waals surface area (Å²) in [5.41, 5.74) is 4.35. The van der Waals surface area contributed by atoms with Crippen molar-refractivity contribution in [2.45, 2.75) is 13.3 Å². The third kappa shape index (κ3) is 2.37. The number of aryl methyl sites for hydroxylation is 1. The fraction of sp³-hybridized carbons (Fsp3) is 0.150. The molecular weight excluding hydrogens is 272 g/mol. The molecule has 0 spiro atoms. The molecule has 22 heavy (non-hydrogen) atoms. The van der Waals surface area contributed by atoms with E-state index < -0.39 is 0 Å². The van der Waals surface area contributed by atoms with Crippen LogP contribution in [0.3, 0.4) is 0 Å². The normalized spacial score (nSPS) is 10.6. The van der Waals surface area contributed by atoms with Gasteiger partial charge in [-0.2, -0.15) is 0 Å². The molecule has 0 atom stereocenters. The van der Waals surface area contributed by atoms with Gasteiger partial charge >= 0.3 is 0 Å². The summed E-state index contributed by atoms with van der Waals surface area (Å²) in [7, 11) is 1.67. The molecule has 0 radical (unpaired) electrons. The van der Waals surface area contributed by atoms with Crippen LogP contribution in [-0.2, 0) is 11.2 Å². The minimum absolute atomic E-state index is 0.384. The Labute approximate surface area is 130 Å². The molecule has 0 saturated heterocycles. The van der Waals surface area contributed by atoms with Crippen molar-refractivity contribution >= 4 is 17.1 Å². The molecular formula is C20H18O2. The van der Waals surface area contributed by atoms with Gasteiger partial charge < -0.3 is 9.53 Å². The maximum absolute atomic E-state index is 11.0. The first-order valence-corrected chi connectivity index (χ1v) is 7.34. The number of carbonyl (C=O) groups excluding carboxylic acids is 1. The van der Waals surface area contributed by atoms with E-state index in [1.165, 1.54) is 16.3 Å². The van der Waals surface area contributed by atoms with E-state index in [2.05, 4.69) is 43.3 Å². The number of rotatable bonds is 4. The fourth-order valence-corrected chi connectivity index (χ4v) is 3.00. The van der Waals surface area contributed by atoms with Crippen molar-refractivity contribution in [1.82, 2.24) is 0 Å². The van der Waals surface area contributed by atoms with Crippen LogP contribution in [0.25, 0.3) is 21.9 Å². The second-order valence-electron chi connectivity index (χ2n) is 5.34. The van der Waals surface area contributed by atoms with Crippen LogP contribution >= 0.6 is 0 Å². The van der Waals surface area contributed by atoms with E-state index in [1.54, 1.807) is 7.11 Å². The lowest BCUT2D eigenvalue weighted by Crippen LogP contribution is -1.96. The van der Waals surface area contributed by atoms with Crippen LogP contribution in [0.1, 0.15) is 11.1 Å². The van der Waals surface area contributed by atoms with E-state index in [-0.39, 0.29) is 0 Å². The first-order chi connectivity index (χ1) is 10.8. The van der Waals surface area contributed by atoms with Crippen molar-refractivity contribution in [3.8, 4) is 16.9 Å². The molecule has 0 saturated carbocycles. The highest BCUT2D eigenvalue weighted by Crippen LogP contribution is 2.38. The second kappa shape index (κ2) is 6.02. The maximum atomic E-state index is 11.0. The Balaban J connectivity index is 2.36. The average molecular weight is 290 g/mol. The molecule has 0 fully saturated rings. The number of carbonyl (C=O) groups is 1. The number of fused-ring (bicyclic) bond motifs is 1. The third-order valence-electron chi connectivity index (χ3n) is 4.05. The van der Waals surface area contributed by atoms with Crippen molar-refractivity contribution in [2.75, 3.05) is 7.11 Å². The molecule has 0 unspecified atom stereocenters. The first kappa shape index (κ1) is 14.3. The van der Waals surface area contributed by atoms with E-state index in [9.17, 15) is 4.79 Å². The summed E-state index contributed by atoms with van der Waals surface area (Å²) < 4.78 is 5.55. The summed E-state index contributed by atoms with van der Waals surface area (Å²) in [4.78, 5) is 11.0. The largest absolute Gasteiger partial charge is 0.496 e. The highest BCUT2D eigenvalue weighted by Gasteiger charge is 2.14. The van der Waals surface area contributed by atoms with Gasteiger partial charge in [-0.1, -0.05) is 48.5 Å². The third-order valence-corrected chi connectivity index (χ3v) is 4.05. The van der Waals surface area contributed by atoms with Crippen molar-refractivity contribution in [1.29, 1.82) is 0 Å². The highest BCUT2D eigenvalue weighted by atomic mass is 16.5. The molecule has 0 aliphatic carbocycles. The van der Waals surface area contributed by atoms with Crippen LogP contribution in [0, 0.1) is 6.92 Å². The summed E-state index contributed by atoms with van der Waals surface area (Å²) in [6.45, 7) is 2.11. The molecule has 0 heterocycles. The molecule has 0 N–H and O–H groups in total. The first-order valence-electron chi connectivity index (χ1n) is 7.34. The second-order valence-corrected chi connectivity index (χ2v) is 5.34. The number of benzene rings is 3. The summed E-state index contributed by atoms with van der Waals surface area (Å²) in [6.07, 6.45) is 1.32. The van der Waals surface area contributed by atoms with Crippen LogP contribution in [0.2, 0.25) is 0 Å². The van der Waals surface area contributed by atoms with Crippen LogP contribution in [-0.4, -0.2) is 13.4 Å². The molecule has 0 bridgehead atoms. The Bertz CT molecular complexity index is 834. The van der Waals surface area contributed by atoms with Crippen molar-refractivity contribution in [2.24, 2.45) is 0 Å². The smallest absolute Gasteiger partial charge is 0.126 e. The SMILES string of the molecule is COc1cccc(CC=O)c1-c1cccc2c(C)cccc12. The number of aldehydes is 1. The fourth-order valence-electron chi connectivity index (χ4n) is 3.00. The highest BCUT2D eigenvalue weighted by molar-refractivity contribution is 6.00. The van der Waals surface area contributed by atoms with Crippen LogP contribution in [0.4, 0.5) is 0 Å². The molecule has 2 nitrogen and oxygen atoms in total. The van der Waals surface area contributed by atoms with Gasteiger partial charge in [0, 0.05) is 12.0 Å². The minimum atomic E-state index is 0.384. The quantitative estimate of drug-likeness (QED) is 0.658. The summed E-state index contributed by atoms with van der Waals surface area (Å²) in [6, 6.07) is 18.4. The van der Waals surface area contributed by atoms with E-state index in [1.807, 2.05) is 18.2 Å². The Morgan fingerprint density at radius 1 is 0.955 bits per heavy atom. The molecule has 110 valence electrons. The van der Waals surface area contributed by atoms with Crippen molar-refractivity contribution in [3.63, 3.8) is 0 Å². The summed E-state index contributed by atoms with van der Waals surface area (Å²) in [5, 5.41) is 2.40. The van der Waals surface area contributed by atoms with Gasteiger partial charge in [-0.05, 0) is 40.5 Å². The van der Waals surface area contributed by atoms with E-state index >= 15 is 0 Å². The zero-order chi connectivity index (χ0) is 15.5. The van der Waals surface area contributed by atoms with Crippen LogP contribution in [0.15, 0.2) is 54.6 Å². The van der Waals surface area contributed by atoms with Gasteiger partial charge in [-0.3, -0.25) is 0 Å². The molecule has 3 rings (SSSR count). The lowest BCUT2D eigenvalue weighted by molar-refractivity contribution is -0.107. The lowest BCUT2D eigenvalue weighted by atomic mass is 9.91. The summed E-state index contributed by atoms with van der Waals surface area (Å²) >= 11 is 0. The van der Waals surface area contributed by atoms with Gasteiger partial charge in [0.15, 0.2) is 0 Å². The number of hydrogen-bond donors (Lipinski definition) is 0. The van der Waals surface area contributed by atoms with Gasteiger partial charge in [0.2, 0.25) is 0 Å². The monoisotopic (exact) mass is 290 g/mol. The zero-order valence-corrected chi connectivity index (χ0v) is 12.8. The van der Waals surface area contributed by atoms with Gasteiger partial charge in [0.25, 0.3) is 0 Å². The molecule has 0 aromatic heterocycles. The Kier molecular flexibility index (Phi) is 3.92. The predicted molar refractivity (Wildman–Crippen MR) is 90.4 cm³/mol. The van der Waals surface area contributed by atoms with Gasteiger partial charge in [-0.15, -0.1) is 0 Å². The molecule has 3 aromatic carbocycles. The Morgan fingerprint density at radius 2 is 1.68 bits per heavy atom. The maximum Gasteiger partial charge on any atom is 0.126 e. The van der Waals surface area contributed by atoms with Crippen LogP contribution in [0.5, 0.6) is 5.75 Å². The lowest BCUT2D eigenvalue weighted by Gasteiger charge is -2.15. The van der Waals surface area contributed by atoms with E-state index in [4.69, 9.17) is 4.74 Å². The average Bonchev–Trinajstić information content (AvgIpc) is 2.55. The molecule has 0 aliphatic heterocycles.